The van der Waals surface area contributed by atoms with Crippen LogP contribution >= 0.6 is 46.2 Å². The number of thioether (sulfide) groups is 2. The fraction of sp³-hybridized carbons (Fsp3) is 0.381. The van der Waals surface area contributed by atoms with E-state index in [0.29, 0.717) is 17.1 Å². The number of anilines is 1. The van der Waals surface area contributed by atoms with Crippen LogP contribution in [0.2, 0.25) is 0 Å². The molecule has 5 rings (SSSR count). The first-order valence-corrected chi connectivity index (χ1v) is 14.8. The standard InChI is InChI=1S/C21H21N7O5S4/c1-9-25-26-21(37-9)36-7-10-6-34-18-14(17(30)28(18)15(10)19(31)32)24-16(29)13(12-8-35-20(22)23-12)27-33-11-4-2-3-5-11/h2,4,8,11,14,18H,3,5-7H2,1H3,(H2,22,23)(H,24,29)(H,31,32)/b27-13-/t11?,14?,18-/m1/s1. The average molecular weight is 580 g/mol. The molecule has 1 fully saturated rings. The maximum Gasteiger partial charge on any atom is 0.352 e. The number of nitrogens with two attached hydrogens (primary N) is 1. The Bertz CT molecular complexity index is 1340. The molecule has 2 aromatic rings. The van der Waals surface area contributed by atoms with Gasteiger partial charge in [-0.15, -0.1) is 33.3 Å². The Balaban J connectivity index is 1.30. The maximum atomic E-state index is 13.2. The Labute approximate surface area is 227 Å². The minimum atomic E-state index is -1.19. The van der Waals surface area contributed by atoms with Gasteiger partial charge in [-0.25, -0.2) is 9.78 Å². The summed E-state index contributed by atoms with van der Waals surface area (Å²) in [5.41, 5.74) is 6.44. The predicted octanol–water partition coefficient (Wildman–Crippen LogP) is 1.86. The molecule has 1 saturated heterocycles. The number of nitrogens with zero attached hydrogens (tertiary/aromatic N) is 5. The minimum Gasteiger partial charge on any atom is -0.477 e. The van der Waals surface area contributed by atoms with Crippen LogP contribution in [0, 0.1) is 6.92 Å². The molecule has 3 aliphatic rings. The molecule has 0 spiro atoms. The molecule has 0 radical (unpaired) electrons. The van der Waals surface area contributed by atoms with Gasteiger partial charge in [0.1, 0.15) is 33.9 Å². The molecule has 4 N–H and O–H groups in total. The summed E-state index contributed by atoms with van der Waals surface area (Å²) in [5.74, 6) is -1.58. The topological polar surface area (TPSA) is 173 Å². The van der Waals surface area contributed by atoms with Crippen molar-refractivity contribution in [2.24, 2.45) is 5.16 Å². The van der Waals surface area contributed by atoms with E-state index in [1.807, 2.05) is 19.1 Å². The fourth-order valence-corrected chi connectivity index (χ4v) is 7.75. The number of carbonyl (C=O) groups is 3. The zero-order valence-corrected chi connectivity index (χ0v) is 22.6. The molecule has 12 nitrogen and oxygen atoms in total. The van der Waals surface area contributed by atoms with Gasteiger partial charge in [-0.1, -0.05) is 34.3 Å². The van der Waals surface area contributed by atoms with Crippen molar-refractivity contribution in [3.05, 3.63) is 39.5 Å². The van der Waals surface area contributed by atoms with Crippen molar-refractivity contribution in [1.29, 1.82) is 0 Å². The Hall–Kier alpha value is -2.95. The number of hydrogen-bond acceptors (Lipinski definition) is 13. The molecule has 0 saturated carbocycles. The monoisotopic (exact) mass is 579 g/mol. The lowest BCUT2D eigenvalue weighted by Crippen LogP contribution is -2.71. The van der Waals surface area contributed by atoms with Crippen molar-refractivity contribution in [3.8, 4) is 0 Å². The number of rotatable bonds is 9. The summed E-state index contributed by atoms with van der Waals surface area (Å²) in [6.45, 7) is 1.84. The first-order valence-electron chi connectivity index (χ1n) is 11.1. The van der Waals surface area contributed by atoms with Gasteiger partial charge in [0, 0.05) is 16.9 Å². The fourth-order valence-electron chi connectivity index (χ4n) is 3.90. The number of amides is 2. The summed E-state index contributed by atoms with van der Waals surface area (Å²) in [6.07, 6.45) is 5.18. The number of nitrogen functional groups attached to an aromatic ring is 1. The summed E-state index contributed by atoms with van der Waals surface area (Å²) in [6, 6.07) is -0.917. The minimum absolute atomic E-state index is 0.0505. The molecule has 37 heavy (non-hydrogen) atoms. The molecular formula is C21H21N7O5S4. The summed E-state index contributed by atoms with van der Waals surface area (Å²) in [5, 5.41) is 26.7. The number of allylic oxidation sites excluding steroid dienone is 1. The number of carboxylic acid groups (broad SMARTS) is 1. The van der Waals surface area contributed by atoms with Gasteiger partial charge in [0.25, 0.3) is 11.8 Å². The highest BCUT2D eigenvalue weighted by atomic mass is 32.2. The number of oxime groups is 1. The highest BCUT2D eigenvalue weighted by Crippen LogP contribution is 2.41. The van der Waals surface area contributed by atoms with Crippen molar-refractivity contribution in [2.75, 3.05) is 17.2 Å². The van der Waals surface area contributed by atoms with Gasteiger partial charge in [0.2, 0.25) is 0 Å². The molecule has 4 heterocycles. The largest absolute Gasteiger partial charge is 0.477 e. The van der Waals surface area contributed by atoms with Crippen molar-refractivity contribution < 1.29 is 24.3 Å². The van der Waals surface area contributed by atoms with Crippen LogP contribution in [0.15, 0.2) is 38.3 Å². The number of carboxylic acids is 1. The second-order valence-electron chi connectivity index (χ2n) is 8.15. The Morgan fingerprint density at radius 3 is 2.89 bits per heavy atom. The number of aromatic nitrogens is 3. The van der Waals surface area contributed by atoms with E-state index in [2.05, 4.69) is 25.7 Å². The van der Waals surface area contributed by atoms with E-state index in [-0.39, 0.29) is 28.3 Å². The maximum absolute atomic E-state index is 13.2. The predicted molar refractivity (Wildman–Crippen MR) is 141 cm³/mol. The van der Waals surface area contributed by atoms with E-state index in [0.717, 1.165) is 33.5 Å². The van der Waals surface area contributed by atoms with Crippen LogP contribution in [0.5, 0.6) is 0 Å². The molecule has 194 valence electrons. The lowest BCUT2D eigenvalue weighted by atomic mass is 10.0. The van der Waals surface area contributed by atoms with Crippen molar-refractivity contribution in [3.63, 3.8) is 0 Å². The summed E-state index contributed by atoms with van der Waals surface area (Å²) >= 11 is 5.34. The van der Waals surface area contributed by atoms with Crippen LogP contribution in [0.1, 0.15) is 23.5 Å². The van der Waals surface area contributed by atoms with E-state index in [9.17, 15) is 19.5 Å². The van der Waals surface area contributed by atoms with E-state index < -0.39 is 29.2 Å². The Morgan fingerprint density at radius 1 is 1.41 bits per heavy atom. The summed E-state index contributed by atoms with van der Waals surface area (Å²) in [7, 11) is 0. The van der Waals surface area contributed by atoms with E-state index >= 15 is 0 Å². The van der Waals surface area contributed by atoms with Gasteiger partial charge in [-0.2, -0.15) is 0 Å². The normalized spacial score (nSPS) is 23.2. The molecule has 2 aromatic heterocycles. The molecule has 3 atom stereocenters. The van der Waals surface area contributed by atoms with Gasteiger partial charge in [0.05, 0.1) is 0 Å². The zero-order chi connectivity index (χ0) is 26.1. The third kappa shape index (κ3) is 5.37. The van der Waals surface area contributed by atoms with E-state index in [1.54, 1.807) is 5.38 Å². The van der Waals surface area contributed by atoms with Crippen LogP contribution < -0.4 is 11.1 Å². The van der Waals surface area contributed by atoms with E-state index in [4.69, 9.17) is 10.6 Å². The highest BCUT2D eigenvalue weighted by Gasteiger charge is 2.54. The van der Waals surface area contributed by atoms with Crippen LogP contribution in [0.3, 0.4) is 0 Å². The summed E-state index contributed by atoms with van der Waals surface area (Å²) in [4.78, 5) is 49.2. The number of thiazole rings is 1. The van der Waals surface area contributed by atoms with Crippen molar-refractivity contribution >= 4 is 74.8 Å². The van der Waals surface area contributed by atoms with Crippen molar-refractivity contribution in [2.45, 2.75) is 41.6 Å². The quantitative estimate of drug-likeness (QED) is 0.130. The number of aryl methyl sites for hydroxylation is 1. The van der Waals surface area contributed by atoms with Gasteiger partial charge >= 0.3 is 5.97 Å². The number of β-lactam (4-membered cyclic amide) rings is 1. The zero-order valence-electron chi connectivity index (χ0n) is 19.3. The molecule has 0 aromatic carbocycles. The number of hydrogen-bond donors (Lipinski definition) is 3. The molecule has 0 bridgehead atoms. The highest BCUT2D eigenvalue weighted by molar-refractivity contribution is 8.01. The van der Waals surface area contributed by atoms with Gasteiger partial charge in [-0.05, 0) is 31.4 Å². The van der Waals surface area contributed by atoms with Crippen molar-refractivity contribution in [1.82, 2.24) is 25.4 Å². The molecule has 2 unspecified atom stereocenters. The van der Waals surface area contributed by atoms with Crippen LogP contribution in [-0.4, -0.2) is 77.7 Å². The van der Waals surface area contributed by atoms with Gasteiger partial charge in [-0.3, -0.25) is 14.5 Å². The third-order valence-corrected chi connectivity index (χ3v) is 9.71. The Morgan fingerprint density at radius 2 is 2.24 bits per heavy atom. The van der Waals surface area contributed by atoms with Gasteiger partial charge < -0.3 is 21.0 Å². The molecule has 1 aliphatic carbocycles. The Kier molecular flexibility index (Phi) is 7.50. The van der Waals surface area contributed by atoms with Crippen LogP contribution in [0.4, 0.5) is 5.13 Å². The SMILES string of the molecule is Cc1nnc(SCC2=C(C(=O)O)N3C(=O)C(NC(=O)/C(=N\OC4C=CCC4)c4csc(N)n4)[C@H]3SC2)s1. The molecule has 16 heteroatoms. The first kappa shape index (κ1) is 25.7. The van der Waals surface area contributed by atoms with Crippen LogP contribution in [-0.2, 0) is 19.2 Å². The number of fused-ring (bicyclic) bond motifs is 1. The first-order chi connectivity index (χ1) is 17.8. The lowest BCUT2D eigenvalue weighted by Gasteiger charge is -2.49. The molecular weight excluding hydrogens is 559 g/mol. The second-order valence-corrected chi connectivity index (χ2v) is 12.6. The number of aliphatic carboxylic acids is 1. The second kappa shape index (κ2) is 10.8. The summed E-state index contributed by atoms with van der Waals surface area (Å²) < 4.78 is 0.728. The molecule has 2 aliphatic heterocycles. The van der Waals surface area contributed by atoms with Gasteiger partial charge in [0.15, 0.2) is 15.2 Å². The number of nitrogens with one attached hydrogen (secondary N) is 1. The average Bonchev–Trinajstić information content (AvgIpc) is 3.64. The van der Waals surface area contributed by atoms with Crippen LogP contribution in [0.25, 0.3) is 0 Å². The third-order valence-electron chi connectivity index (χ3n) is 5.64. The van der Waals surface area contributed by atoms with E-state index in [1.165, 1.54) is 39.8 Å². The lowest BCUT2D eigenvalue weighted by molar-refractivity contribution is -0.150. The number of carbonyl (C=O) groups excluding carboxylic acids is 2. The molecule has 2 amide bonds. The smallest absolute Gasteiger partial charge is 0.352 e.